The SMILES string of the molecule is COc1cccc([C@H](OC)C(=O)O)c1.COc1cccc([C@H](OC)C(=O)OCc2ccccc2)c1. The number of ether oxygens (including phenoxy) is 5. The first-order chi connectivity index (χ1) is 16.9. The van der Waals surface area contributed by atoms with E-state index in [4.69, 9.17) is 28.8 Å². The van der Waals surface area contributed by atoms with Crippen molar-refractivity contribution in [3.05, 3.63) is 95.6 Å². The highest BCUT2D eigenvalue weighted by molar-refractivity contribution is 5.76. The van der Waals surface area contributed by atoms with Crippen LogP contribution in [0.3, 0.4) is 0 Å². The number of methoxy groups -OCH3 is 4. The van der Waals surface area contributed by atoms with Crippen molar-refractivity contribution < 1.29 is 38.4 Å². The molecule has 0 saturated heterocycles. The summed E-state index contributed by atoms with van der Waals surface area (Å²) in [5, 5.41) is 8.82. The molecule has 1 N–H and O–H groups in total. The minimum atomic E-state index is -1.01. The smallest absolute Gasteiger partial charge is 0.340 e. The second-order valence-corrected chi connectivity index (χ2v) is 7.22. The Hall–Kier alpha value is -3.88. The van der Waals surface area contributed by atoms with E-state index in [1.807, 2.05) is 42.5 Å². The van der Waals surface area contributed by atoms with Crippen LogP contribution in [0.25, 0.3) is 0 Å². The van der Waals surface area contributed by atoms with Crippen LogP contribution < -0.4 is 9.47 Å². The van der Waals surface area contributed by atoms with Gasteiger partial charge in [-0.2, -0.15) is 0 Å². The van der Waals surface area contributed by atoms with Crippen LogP contribution in [-0.2, 0) is 30.4 Å². The van der Waals surface area contributed by atoms with E-state index < -0.39 is 24.1 Å². The molecule has 8 heteroatoms. The van der Waals surface area contributed by atoms with Gasteiger partial charge in [0.25, 0.3) is 0 Å². The van der Waals surface area contributed by atoms with E-state index in [0.717, 1.165) is 5.56 Å². The van der Waals surface area contributed by atoms with Gasteiger partial charge in [-0.15, -0.1) is 0 Å². The number of esters is 1. The quantitative estimate of drug-likeness (QED) is 0.419. The molecule has 3 aromatic carbocycles. The van der Waals surface area contributed by atoms with Gasteiger partial charge in [-0.05, 0) is 41.0 Å². The Morgan fingerprint density at radius 1 is 0.714 bits per heavy atom. The van der Waals surface area contributed by atoms with E-state index in [9.17, 15) is 9.59 Å². The van der Waals surface area contributed by atoms with E-state index in [2.05, 4.69) is 0 Å². The lowest BCUT2D eigenvalue weighted by Crippen LogP contribution is -2.17. The van der Waals surface area contributed by atoms with Gasteiger partial charge < -0.3 is 28.8 Å². The fourth-order valence-corrected chi connectivity index (χ4v) is 3.16. The normalized spacial score (nSPS) is 11.9. The van der Waals surface area contributed by atoms with E-state index in [1.54, 1.807) is 43.5 Å². The molecule has 0 bridgehead atoms. The van der Waals surface area contributed by atoms with Crippen molar-refractivity contribution in [1.29, 1.82) is 0 Å². The van der Waals surface area contributed by atoms with Crippen LogP contribution in [0.4, 0.5) is 0 Å². The van der Waals surface area contributed by atoms with Gasteiger partial charge in [0.05, 0.1) is 14.2 Å². The van der Waals surface area contributed by atoms with Crippen molar-refractivity contribution in [2.45, 2.75) is 18.8 Å². The highest BCUT2D eigenvalue weighted by Gasteiger charge is 2.22. The summed E-state index contributed by atoms with van der Waals surface area (Å²) in [5.41, 5.74) is 2.21. The summed E-state index contributed by atoms with van der Waals surface area (Å²) < 4.78 is 25.5. The molecule has 8 nitrogen and oxygen atoms in total. The number of carbonyl (C=O) groups is 2. The molecule has 3 aromatic rings. The second kappa shape index (κ2) is 14.4. The minimum absolute atomic E-state index is 0.226. The Kier molecular flexibility index (Phi) is 11.3. The van der Waals surface area contributed by atoms with E-state index >= 15 is 0 Å². The largest absolute Gasteiger partial charge is 0.497 e. The van der Waals surface area contributed by atoms with Crippen molar-refractivity contribution in [3.63, 3.8) is 0 Å². The molecule has 186 valence electrons. The summed E-state index contributed by atoms with van der Waals surface area (Å²) in [4.78, 5) is 22.9. The fraction of sp³-hybridized carbons (Fsp3) is 0.259. The lowest BCUT2D eigenvalue weighted by molar-refractivity contribution is -0.157. The van der Waals surface area contributed by atoms with Crippen molar-refractivity contribution >= 4 is 11.9 Å². The third-order valence-electron chi connectivity index (χ3n) is 4.93. The van der Waals surface area contributed by atoms with E-state index in [0.29, 0.717) is 22.6 Å². The van der Waals surface area contributed by atoms with Gasteiger partial charge in [-0.1, -0.05) is 54.6 Å². The Labute approximate surface area is 205 Å². The molecule has 0 spiro atoms. The van der Waals surface area contributed by atoms with Gasteiger partial charge in [0, 0.05) is 14.2 Å². The summed E-state index contributed by atoms with van der Waals surface area (Å²) in [6.45, 7) is 0.226. The lowest BCUT2D eigenvalue weighted by Gasteiger charge is -2.15. The maximum Gasteiger partial charge on any atom is 0.340 e. The molecule has 0 saturated carbocycles. The molecule has 3 rings (SSSR count). The molecule has 0 aliphatic heterocycles. The lowest BCUT2D eigenvalue weighted by atomic mass is 10.1. The number of hydrogen-bond donors (Lipinski definition) is 1. The molecule has 2 atom stereocenters. The van der Waals surface area contributed by atoms with Gasteiger partial charge in [0.1, 0.15) is 18.1 Å². The molecule has 0 aliphatic rings. The molecular formula is C27H30O8. The third kappa shape index (κ3) is 8.44. The Bertz CT molecular complexity index is 1070. The number of aliphatic carboxylic acids is 1. The summed E-state index contributed by atoms with van der Waals surface area (Å²) >= 11 is 0. The van der Waals surface area contributed by atoms with Crippen LogP contribution in [0.15, 0.2) is 78.9 Å². The molecule has 0 amide bonds. The monoisotopic (exact) mass is 482 g/mol. The maximum absolute atomic E-state index is 12.2. The molecule has 0 radical (unpaired) electrons. The second-order valence-electron chi connectivity index (χ2n) is 7.22. The number of carboxylic acids is 1. The highest BCUT2D eigenvalue weighted by Crippen LogP contribution is 2.23. The number of carboxylic acid groups (broad SMARTS) is 1. The van der Waals surface area contributed by atoms with Crippen LogP contribution in [0.1, 0.15) is 28.9 Å². The molecule has 35 heavy (non-hydrogen) atoms. The van der Waals surface area contributed by atoms with E-state index in [-0.39, 0.29) is 6.61 Å². The first-order valence-corrected chi connectivity index (χ1v) is 10.7. The van der Waals surface area contributed by atoms with Crippen LogP contribution in [0.5, 0.6) is 11.5 Å². The highest BCUT2D eigenvalue weighted by atomic mass is 16.6. The fourth-order valence-electron chi connectivity index (χ4n) is 3.16. The first-order valence-electron chi connectivity index (χ1n) is 10.7. The number of hydrogen-bond acceptors (Lipinski definition) is 7. The average Bonchev–Trinajstić information content (AvgIpc) is 2.89. The van der Waals surface area contributed by atoms with Crippen molar-refractivity contribution in [2.75, 3.05) is 28.4 Å². The van der Waals surface area contributed by atoms with Gasteiger partial charge in [-0.3, -0.25) is 0 Å². The van der Waals surface area contributed by atoms with E-state index in [1.165, 1.54) is 21.3 Å². The molecule has 0 fully saturated rings. The number of rotatable bonds is 10. The summed E-state index contributed by atoms with van der Waals surface area (Å²) in [6.07, 6.45) is -1.70. The van der Waals surface area contributed by atoms with Crippen LogP contribution in [0, 0.1) is 0 Å². The molecule has 0 heterocycles. The number of benzene rings is 3. The van der Waals surface area contributed by atoms with Gasteiger partial charge in [-0.25, -0.2) is 9.59 Å². The zero-order valence-electron chi connectivity index (χ0n) is 20.2. The molecule has 0 aliphatic carbocycles. The Morgan fingerprint density at radius 2 is 1.23 bits per heavy atom. The topological polar surface area (TPSA) is 101 Å². The molecule has 0 aromatic heterocycles. The predicted octanol–water partition coefficient (Wildman–Crippen LogP) is 4.59. The van der Waals surface area contributed by atoms with Crippen LogP contribution in [-0.4, -0.2) is 45.5 Å². The van der Waals surface area contributed by atoms with Crippen molar-refractivity contribution in [2.24, 2.45) is 0 Å². The zero-order valence-corrected chi connectivity index (χ0v) is 20.2. The Morgan fingerprint density at radius 3 is 1.69 bits per heavy atom. The number of carbonyl (C=O) groups excluding carboxylic acids is 1. The average molecular weight is 483 g/mol. The standard InChI is InChI=1S/C17H18O4.C10H12O4/c1-19-15-10-6-9-14(11-15)16(20-2)17(18)21-12-13-7-4-3-5-8-13;1-13-8-5-3-4-7(6-8)9(14-2)10(11)12/h3-11,16H,12H2,1-2H3;3-6,9H,1-2H3,(H,11,12)/t16-;9-/m00/s1. The van der Waals surface area contributed by atoms with Gasteiger partial charge >= 0.3 is 11.9 Å². The third-order valence-corrected chi connectivity index (χ3v) is 4.93. The van der Waals surface area contributed by atoms with Gasteiger partial charge in [0.15, 0.2) is 12.2 Å². The molecular weight excluding hydrogens is 452 g/mol. The van der Waals surface area contributed by atoms with Crippen LogP contribution in [0.2, 0.25) is 0 Å². The summed E-state index contributed by atoms with van der Waals surface area (Å²) in [7, 11) is 5.95. The summed E-state index contributed by atoms with van der Waals surface area (Å²) in [5.74, 6) is -0.147. The van der Waals surface area contributed by atoms with Crippen LogP contribution >= 0.6 is 0 Å². The summed E-state index contributed by atoms with van der Waals surface area (Å²) in [6, 6.07) is 23.5. The molecule has 0 unspecified atom stereocenters. The predicted molar refractivity (Wildman–Crippen MR) is 129 cm³/mol. The maximum atomic E-state index is 12.2. The minimum Gasteiger partial charge on any atom is -0.497 e. The Balaban J connectivity index is 0.000000269. The zero-order chi connectivity index (χ0) is 25.6. The van der Waals surface area contributed by atoms with Gasteiger partial charge in [0.2, 0.25) is 0 Å². The van der Waals surface area contributed by atoms with Crippen molar-refractivity contribution in [3.8, 4) is 11.5 Å². The first kappa shape index (κ1) is 27.4. The van der Waals surface area contributed by atoms with Crippen molar-refractivity contribution in [1.82, 2.24) is 0 Å².